The van der Waals surface area contributed by atoms with E-state index in [1.165, 1.54) is 68.0 Å². The van der Waals surface area contributed by atoms with Gasteiger partial charge in [0.15, 0.2) is 25.2 Å². The van der Waals surface area contributed by atoms with E-state index in [1.807, 2.05) is 48.5 Å². The van der Waals surface area contributed by atoms with Crippen LogP contribution in [0, 0.1) is 47.4 Å². The van der Waals surface area contributed by atoms with Crippen molar-refractivity contribution in [1.29, 1.82) is 0 Å². The third kappa shape index (κ3) is 15.5. The van der Waals surface area contributed by atoms with Crippen molar-refractivity contribution in [1.82, 2.24) is 0 Å². The number of thiophene rings is 6. The smallest absolute Gasteiger partial charge is 0.187 e. The maximum absolute atomic E-state index is 10.5. The van der Waals surface area contributed by atoms with Crippen molar-refractivity contribution in [2.24, 2.45) is 0 Å². The summed E-state index contributed by atoms with van der Waals surface area (Å²) in [5, 5.41) is 162. The largest absolute Gasteiger partial charge is 0.394 e. The molecule has 4 fully saturated rings. The first-order valence-corrected chi connectivity index (χ1v) is 32.6. The SMILES string of the molecule is OC[C@H]1O[C@H](OCC#Cc2ccc(-c3cc(-c4cc(-c5ccc(C#CCO[C@H]6O[C@H](CO)[C@@H](O)[C@H](O)[C@@H]6O)s5)c(-c5ccc(C#CCO[C@H]6O[C@H](CO)[C@@H](O)[C@H](O)[C@@H]6O)s5)s4)sc3-c3ccc(C#CCO[C@H]4O[C@H](CO)[C@@H](O)[C@H](O)[C@@H]4O)s3)s2)[C@@H](O)[C@@H](O)[C@@H]1O. The van der Waals surface area contributed by atoms with Crippen molar-refractivity contribution in [3.05, 3.63) is 80.2 Å². The summed E-state index contributed by atoms with van der Waals surface area (Å²) in [6.07, 6.45) is -29.1. The Hall–Kier alpha value is -4.52. The average molecular weight is 1360 g/mol. The Morgan fingerprint density at radius 1 is 0.300 bits per heavy atom. The number of aliphatic hydroxyl groups is 16. The summed E-state index contributed by atoms with van der Waals surface area (Å²) in [5.74, 6) is 23.9. The van der Waals surface area contributed by atoms with Gasteiger partial charge in [-0.05, 0) is 60.7 Å². The predicted octanol–water partition coefficient (Wildman–Crippen LogP) is -0.937. The normalized spacial score (nSPS) is 31.8. The molecular formula is C60H62O24S6. The highest BCUT2D eigenvalue weighted by atomic mass is 32.1. The first kappa shape index (κ1) is 68.3. The van der Waals surface area contributed by atoms with Crippen LogP contribution in [-0.4, -0.2) is 257 Å². The molecule has 4 aliphatic rings. The molecule has 4 saturated heterocycles. The van der Waals surface area contributed by atoms with Crippen molar-refractivity contribution >= 4 is 68.0 Å². The fourth-order valence-corrected chi connectivity index (χ4v) is 16.1. The molecule has 24 nitrogen and oxygen atoms in total. The molecule has 90 heavy (non-hydrogen) atoms. The van der Waals surface area contributed by atoms with Gasteiger partial charge in [0, 0.05) is 40.4 Å². The van der Waals surface area contributed by atoms with Gasteiger partial charge in [-0.1, -0.05) is 47.4 Å². The third-order valence-electron chi connectivity index (χ3n) is 14.6. The summed E-state index contributed by atoms with van der Waals surface area (Å²) in [4.78, 5) is 9.64. The molecule has 10 rings (SSSR count). The quantitative estimate of drug-likeness (QED) is 0.0490. The number of hydrogen-bond donors (Lipinski definition) is 16. The molecule has 6 aromatic heterocycles. The van der Waals surface area contributed by atoms with Crippen molar-refractivity contribution in [2.75, 3.05) is 52.9 Å². The second kappa shape index (κ2) is 31.1. The van der Waals surface area contributed by atoms with Gasteiger partial charge < -0.3 is 120 Å². The topological polar surface area (TPSA) is 398 Å². The molecule has 0 amide bonds. The number of rotatable bonds is 17. The molecule has 0 aromatic carbocycles. The van der Waals surface area contributed by atoms with E-state index in [-0.39, 0.29) is 26.4 Å². The fourth-order valence-electron chi connectivity index (χ4n) is 9.72. The minimum Gasteiger partial charge on any atom is -0.394 e. The minimum absolute atomic E-state index is 0.226. The van der Waals surface area contributed by atoms with Crippen LogP contribution in [-0.2, 0) is 37.9 Å². The van der Waals surface area contributed by atoms with Gasteiger partial charge in [0.25, 0.3) is 0 Å². The molecule has 0 saturated carbocycles. The highest BCUT2D eigenvalue weighted by molar-refractivity contribution is 7.30. The second-order valence-corrected chi connectivity index (χ2v) is 27.0. The number of hydrogen-bond acceptors (Lipinski definition) is 30. The zero-order valence-electron chi connectivity index (χ0n) is 46.8. The summed E-state index contributed by atoms with van der Waals surface area (Å²) in [6.45, 7) is -3.37. The lowest BCUT2D eigenvalue weighted by Gasteiger charge is -2.39. The van der Waals surface area contributed by atoms with Crippen molar-refractivity contribution < 1.29 is 120 Å². The van der Waals surface area contributed by atoms with Gasteiger partial charge in [0.1, 0.15) is 124 Å². The number of ether oxygens (including phenoxy) is 8. The van der Waals surface area contributed by atoms with Crippen molar-refractivity contribution in [2.45, 2.75) is 123 Å². The van der Waals surface area contributed by atoms with Crippen LogP contribution >= 0.6 is 68.0 Å². The molecule has 0 spiro atoms. The zero-order valence-corrected chi connectivity index (χ0v) is 51.7. The van der Waals surface area contributed by atoms with E-state index >= 15 is 0 Å². The Balaban J connectivity index is 0.946. The Morgan fingerprint density at radius 2 is 0.544 bits per heavy atom. The Morgan fingerprint density at radius 3 is 0.800 bits per heavy atom. The summed E-state index contributed by atoms with van der Waals surface area (Å²) in [6, 6.07) is 19.3. The lowest BCUT2D eigenvalue weighted by atomic mass is 9.99. The summed E-state index contributed by atoms with van der Waals surface area (Å²) in [5.41, 5.74) is 1.74. The molecule has 16 N–H and O–H groups in total. The van der Waals surface area contributed by atoms with Gasteiger partial charge in [-0.2, -0.15) is 0 Å². The summed E-state index contributed by atoms with van der Waals surface area (Å²) >= 11 is 8.71. The van der Waals surface area contributed by atoms with Crippen LogP contribution in [0.4, 0.5) is 0 Å². The van der Waals surface area contributed by atoms with E-state index in [0.717, 1.165) is 50.1 Å². The van der Waals surface area contributed by atoms with Crippen LogP contribution in [0.15, 0.2) is 60.7 Å². The Kier molecular flexibility index (Phi) is 23.7. The highest BCUT2D eigenvalue weighted by Crippen LogP contribution is 2.52. The van der Waals surface area contributed by atoms with E-state index in [1.54, 1.807) is 0 Å². The van der Waals surface area contributed by atoms with Gasteiger partial charge in [-0.3, -0.25) is 0 Å². The molecule has 6 aromatic rings. The maximum atomic E-state index is 10.5. The molecule has 482 valence electrons. The van der Waals surface area contributed by atoms with E-state index < -0.39 is 149 Å². The average Bonchev–Trinajstić information content (AvgIpc) is 1.61. The molecule has 30 heteroatoms. The van der Waals surface area contributed by atoms with E-state index in [4.69, 9.17) is 37.9 Å². The maximum Gasteiger partial charge on any atom is 0.187 e. The van der Waals surface area contributed by atoms with Gasteiger partial charge in [-0.25, -0.2) is 0 Å². The molecule has 4 aliphatic heterocycles. The lowest BCUT2D eigenvalue weighted by Crippen LogP contribution is -2.59. The lowest BCUT2D eigenvalue weighted by molar-refractivity contribution is -0.298. The minimum atomic E-state index is -1.62. The summed E-state index contributed by atoms with van der Waals surface area (Å²) < 4.78 is 44.2. The second-order valence-electron chi connectivity index (χ2n) is 20.6. The Bertz CT molecular complexity index is 3150. The van der Waals surface area contributed by atoms with Crippen LogP contribution in [0.1, 0.15) is 19.5 Å². The molecule has 0 aliphatic carbocycles. The van der Waals surface area contributed by atoms with Crippen LogP contribution in [0.5, 0.6) is 0 Å². The molecule has 0 unspecified atom stereocenters. The van der Waals surface area contributed by atoms with Gasteiger partial charge >= 0.3 is 0 Å². The van der Waals surface area contributed by atoms with Crippen LogP contribution in [0.2, 0.25) is 0 Å². The van der Waals surface area contributed by atoms with Gasteiger partial charge in [-0.15, -0.1) is 68.0 Å². The van der Waals surface area contributed by atoms with Crippen LogP contribution in [0.3, 0.4) is 0 Å². The molecule has 10 heterocycles. The van der Waals surface area contributed by atoms with Gasteiger partial charge in [0.2, 0.25) is 0 Å². The van der Waals surface area contributed by atoms with E-state index in [2.05, 4.69) is 59.5 Å². The first-order valence-electron chi connectivity index (χ1n) is 27.7. The van der Waals surface area contributed by atoms with Crippen molar-refractivity contribution in [3.63, 3.8) is 0 Å². The molecule has 0 radical (unpaired) electrons. The van der Waals surface area contributed by atoms with Gasteiger partial charge in [0.05, 0.1) is 55.7 Å². The van der Waals surface area contributed by atoms with E-state index in [9.17, 15) is 81.7 Å². The highest BCUT2D eigenvalue weighted by Gasteiger charge is 2.47. The third-order valence-corrected chi connectivity index (χ3v) is 21.5. The van der Waals surface area contributed by atoms with E-state index in [0.29, 0.717) is 19.5 Å². The monoisotopic (exact) mass is 1360 g/mol. The molecular weight excluding hydrogens is 1300 g/mol. The predicted molar refractivity (Wildman–Crippen MR) is 327 cm³/mol. The van der Waals surface area contributed by atoms with Crippen LogP contribution in [0.25, 0.3) is 50.1 Å². The number of aliphatic hydroxyl groups excluding tert-OH is 16. The standard InChI is InChI=1S/C60H62O24S6/c61-23-33-43(65)47(69)51(73)57(81-33)77-17-1-5-27-9-13-37(85-27)31-21-41(89-55(31)39-15-11-29(87-39)7-3-19-79-59-53(75)49(71)45(67)35(25-63)83-59)42-22-32(38-14-10-28(86-38)6-2-18-78-58-52(74)48(70)44(66)34(24-62)82-58)56(90-42)40-16-12-30(88-40)8-4-20-80-60-54(76)50(72)46(68)36(26-64)84-60/h9-16,21-22,33-36,43-54,57-76H,17-20,23-26H2/t33-,34-,35-,36-,43-,44-,45-,46-,47+,48+,49+,50+,51+,52+,53+,54+,57+,58+,59+,60+/m1/s1. The summed E-state index contributed by atoms with van der Waals surface area (Å²) in [7, 11) is 0. The van der Waals surface area contributed by atoms with Crippen molar-refractivity contribution in [3.8, 4) is 97.5 Å². The molecule has 20 atom stereocenters. The fraction of sp³-hybridized carbons (Fsp3) is 0.467. The molecule has 0 bridgehead atoms. The van der Waals surface area contributed by atoms with Crippen LogP contribution < -0.4 is 0 Å². The Labute approximate surface area is 537 Å². The first-order chi connectivity index (χ1) is 43.4. The zero-order chi connectivity index (χ0) is 63.9.